The van der Waals surface area contributed by atoms with Gasteiger partial charge in [0.05, 0.1) is 18.5 Å². The summed E-state index contributed by atoms with van der Waals surface area (Å²) >= 11 is 0. The number of carbonyl (C=O) groups excluding carboxylic acids is 1. The van der Waals surface area contributed by atoms with Gasteiger partial charge in [0, 0.05) is 37.6 Å². The molecule has 1 fully saturated rings. The minimum absolute atomic E-state index is 0.0615. The van der Waals surface area contributed by atoms with E-state index in [1.807, 2.05) is 24.3 Å². The molecule has 2 unspecified atom stereocenters. The van der Waals surface area contributed by atoms with Gasteiger partial charge in [-0.25, -0.2) is 9.82 Å². The van der Waals surface area contributed by atoms with Gasteiger partial charge < -0.3 is 9.42 Å². The van der Waals surface area contributed by atoms with Crippen molar-refractivity contribution in [3.63, 3.8) is 0 Å². The van der Waals surface area contributed by atoms with Crippen LogP contribution >= 0.6 is 0 Å². The number of hydrogen-bond donors (Lipinski definition) is 2. The zero-order chi connectivity index (χ0) is 19.5. The topological polar surface area (TPSA) is 83.3 Å². The Balaban J connectivity index is 1.45. The Hall–Kier alpha value is -3.10. The number of aromatic nitrogens is 2. The van der Waals surface area contributed by atoms with Crippen LogP contribution in [0.1, 0.15) is 17.4 Å². The van der Waals surface area contributed by atoms with Crippen molar-refractivity contribution in [1.82, 2.24) is 25.9 Å². The Kier molecular flexibility index (Phi) is 5.14. The van der Waals surface area contributed by atoms with Gasteiger partial charge in [-0.1, -0.05) is 17.3 Å². The van der Waals surface area contributed by atoms with Crippen LogP contribution in [0.25, 0.3) is 11.3 Å². The molecule has 1 aliphatic rings. The lowest BCUT2D eigenvalue weighted by Gasteiger charge is -2.23. The molecule has 1 aromatic carbocycles. The fourth-order valence-corrected chi connectivity index (χ4v) is 3.38. The summed E-state index contributed by atoms with van der Waals surface area (Å²) in [6, 6.07) is 11.5. The highest BCUT2D eigenvalue weighted by molar-refractivity contribution is 5.80. The lowest BCUT2D eigenvalue weighted by Crippen LogP contribution is -2.36. The predicted octanol–water partition coefficient (Wildman–Crippen LogP) is 2.30. The third-order valence-corrected chi connectivity index (χ3v) is 4.81. The van der Waals surface area contributed by atoms with E-state index in [1.165, 1.54) is 12.1 Å². The molecule has 0 radical (unpaired) electrons. The monoisotopic (exact) mass is 381 g/mol. The maximum absolute atomic E-state index is 13.6. The second-order valence-electron chi connectivity index (χ2n) is 6.77. The van der Waals surface area contributed by atoms with E-state index in [-0.39, 0.29) is 23.7 Å². The number of carbonyl (C=O) groups is 1. The van der Waals surface area contributed by atoms with E-state index < -0.39 is 0 Å². The van der Waals surface area contributed by atoms with Crippen molar-refractivity contribution in [3.8, 4) is 11.3 Å². The van der Waals surface area contributed by atoms with Crippen molar-refractivity contribution in [2.24, 2.45) is 5.92 Å². The first-order chi connectivity index (χ1) is 13.6. The van der Waals surface area contributed by atoms with Crippen LogP contribution in [0.5, 0.6) is 0 Å². The summed E-state index contributed by atoms with van der Waals surface area (Å²) in [7, 11) is 1.72. The van der Waals surface area contributed by atoms with Crippen LogP contribution in [-0.2, 0) is 11.3 Å². The molecule has 1 saturated heterocycles. The van der Waals surface area contributed by atoms with Crippen molar-refractivity contribution in [1.29, 1.82) is 0 Å². The number of halogens is 1. The molecule has 3 heterocycles. The van der Waals surface area contributed by atoms with Gasteiger partial charge in [0.2, 0.25) is 5.91 Å². The number of pyridine rings is 1. The van der Waals surface area contributed by atoms with E-state index in [0.29, 0.717) is 24.5 Å². The molecule has 2 N–H and O–H groups in total. The Morgan fingerprint density at radius 1 is 1.29 bits per heavy atom. The normalized spacial score (nSPS) is 18.9. The minimum Gasteiger partial charge on any atom is -0.359 e. The third kappa shape index (κ3) is 3.78. The molecule has 0 bridgehead atoms. The number of amides is 1. The Labute approximate surface area is 161 Å². The highest BCUT2D eigenvalue weighted by Gasteiger charge is 2.36. The van der Waals surface area contributed by atoms with Crippen LogP contribution in [-0.4, -0.2) is 34.5 Å². The number of hydrogen-bond acceptors (Lipinski definition) is 6. The quantitative estimate of drug-likeness (QED) is 0.706. The van der Waals surface area contributed by atoms with Crippen molar-refractivity contribution >= 4 is 5.91 Å². The maximum atomic E-state index is 13.6. The summed E-state index contributed by atoms with van der Waals surface area (Å²) in [5.74, 6) is -0.150. The average Bonchev–Trinajstić information content (AvgIpc) is 3.38. The number of nitrogens with one attached hydrogen (secondary N) is 2. The Morgan fingerprint density at radius 2 is 2.11 bits per heavy atom. The van der Waals surface area contributed by atoms with Gasteiger partial charge in [0.15, 0.2) is 5.76 Å². The lowest BCUT2D eigenvalue weighted by atomic mass is 9.93. The Bertz CT molecular complexity index is 962. The smallest absolute Gasteiger partial charge is 0.229 e. The molecule has 1 amide bonds. The second kappa shape index (κ2) is 7.87. The third-order valence-electron chi connectivity index (χ3n) is 4.81. The Morgan fingerprint density at radius 3 is 2.89 bits per heavy atom. The molecule has 0 aliphatic carbocycles. The van der Waals surface area contributed by atoms with E-state index >= 15 is 0 Å². The fourth-order valence-electron chi connectivity index (χ4n) is 3.38. The molecule has 2 aromatic heterocycles. The molecular weight excluding hydrogens is 361 g/mol. The molecule has 7 nitrogen and oxygen atoms in total. The summed E-state index contributed by atoms with van der Waals surface area (Å²) < 4.78 is 19.0. The van der Waals surface area contributed by atoms with Gasteiger partial charge in [0.1, 0.15) is 11.5 Å². The largest absolute Gasteiger partial charge is 0.359 e. The first-order valence-electron chi connectivity index (χ1n) is 8.96. The molecule has 144 valence electrons. The van der Waals surface area contributed by atoms with Gasteiger partial charge in [-0.3, -0.25) is 15.2 Å². The molecule has 3 aromatic rings. The molecule has 0 spiro atoms. The van der Waals surface area contributed by atoms with Crippen LogP contribution < -0.4 is 10.9 Å². The molecule has 8 heteroatoms. The van der Waals surface area contributed by atoms with E-state index in [0.717, 1.165) is 11.1 Å². The fraction of sp³-hybridized carbons (Fsp3) is 0.250. The number of hydrazine groups is 1. The van der Waals surface area contributed by atoms with Crippen molar-refractivity contribution < 1.29 is 13.7 Å². The molecule has 2 atom stereocenters. The second-order valence-corrected chi connectivity index (χ2v) is 6.77. The van der Waals surface area contributed by atoms with Gasteiger partial charge in [-0.05, 0) is 29.8 Å². The standard InChI is InChI=1S/C20H20FN5O2/c1-26(12-16-10-18(25-28-16)13-5-7-22-8-6-13)20(27)17-11-23-24-19(17)14-3-2-4-15(21)9-14/h2-10,17,19,23-24H,11-12H2,1H3. The van der Waals surface area contributed by atoms with Crippen molar-refractivity contribution in [3.05, 3.63) is 72.0 Å². The molecular formula is C20H20FN5O2. The number of nitrogens with zero attached hydrogens (tertiary/aromatic N) is 3. The zero-order valence-electron chi connectivity index (χ0n) is 15.3. The number of rotatable bonds is 5. The minimum atomic E-state index is -0.352. The van der Waals surface area contributed by atoms with Crippen LogP contribution in [0.4, 0.5) is 4.39 Å². The predicted molar refractivity (Wildman–Crippen MR) is 100.0 cm³/mol. The van der Waals surface area contributed by atoms with Crippen LogP contribution in [0, 0.1) is 11.7 Å². The van der Waals surface area contributed by atoms with Crippen molar-refractivity contribution in [2.45, 2.75) is 12.6 Å². The molecule has 28 heavy (non-hydrogen) atoms. The maximum Gasteiger partial charge on any atom is 0.229 e. The molecule has 4 rings (SSSR count). The first-order valence-corrected chi connectivity index (χ1v) is 8.96. The van der Waals surface area contributed by atoms with Gasteiger partial charge in [-0.2, -0.15) is 0 Å². The molecule has 1 aliphatic heterocycles. The highest BCUT2D eigenvalue weighted by atomic mass is 19.1. The van der Waals surface area contributed by atoms with E-state index in [2.05, 4.69) is 21.0 Å². The highest BCUT2D eigenvalue weighted by Crippen LogP contribution is 2.27. The van der Waals surface area contributed by atoms with Crippen molar-refractivity contribution in [2.75, 3.05) is 13.6 Å². The first kappa shape index (κ1) is 18.3. The van der Waals surface area contributed by atoms with E-state index in [4.69, 9.17) is 4.52 Å². The van der Waals surface area contributed by atoms with E-state index in [9.17, 15) is 9.18 Å². The van der Waals surface area contributed by atoms with Gasteiger partial charge >= 0.3 is 0 Å². The van der Waals surface area contributed by atoms with Crippen LogP contribution in [0.2, 0.25) is 0 Å². The summed E-state index contributed by atoms with van der Waals surface area (Å²) in [6.45, 7) is 0.756. The van der Waals surface area contributed by atoms with Crippen LogP contribution in [0.3, 0.4) is 0 Å². The van der Waals surface area contributed by atoms with E-state index in [1.54, 1.807) is 30.4 Å². The van der Waals surface area contributed by atoms with Gasteiger partial charge in [-0.15, -0.1) is 0 Å². The summed E-state index contributed by atoms with van der Waals surface area (Å²) in [5, 5.41) is 4.06. The SMILES string of the molecule is CN(Cc1cc(-c2ccncc2)no1)C(=O)C1CNNC1c1cccc(F)c1. The lowest BCUT2D eigenvalue weighted by molar-refractivity contribution is -0.135. The molecule has 0 saturated carbocycles. The average molecular weight is 381 g/mol. The zero-order valence-corrected chi connectivity index (χ0v) is 15.3. The summed E-state index contributed by atoms with van der Waals surface area (Å²) in [5.41, 5.74) is 8.40. The summed E-state index contributed by atoms with van der Waals surface area (Å²) in [6.07, 6.45) is 3.37. The summed E-state index contributed by atoms with van der Waals surface area (Å²) in [4.78, 5) is 18.6. The van der Waals surface area contributed by atoms with Crippen LogP contribution in [0.15, 0.2) is 59.4 Å². The number of benzene rings is 1. The van der Waals surface area contributed by atoms with Gasteiger partial charge in [0.25, 0.3) is 0 Å².